The van der Waals surface area contributed by atoms with E-state index < -0.39 is 31.8 Å². The highest BCUT2D eigenvalue weighted by molar-refractivity contribution is 7.75. The molecule has 1 N–H and O–H groups in total. The van der Waals surface area contributed by atoms with Crippen molar-refractivity contribution in [2.75, 3.05) is 6.61 Å². The lowest BCUT2D eigenvalue weighted by Crippen LogP contribution is -2.32. The first kappa shape index (κ1) is 12.9. The minimum Gasteiger partial charge on any atom is -0.369 e. The molecule has 1 heterocycles. The largest absolute Gasteiger partial charge is 0.369 e. The van der Waals surface area contributed by atoms with Crippen molar-refractivity contribution in [2.45, 2.75) is 38.3 Å². The molecule has 1 fully saturated rings. The third kappa shape index (κ3) is 4.32. The second kappa shape index (κ2) is 5.87. The summed E-state index contributed by atoms with van der Waals surface area (Å²) in [6, 6.07) is -0.555. The lowest BCUT2D eigenvalue weighted by Gasteiger charge is -2.20. The molecule has 1 aliphatic rings. The normalized spacial score (nSPS) is 34.5. The number of ether oxygens (including phenoxy) is 2. The average Bonchev–Trinajstić information content (AvgIpc) is 2.59. The highest BCUT2D eigenvalue weighted by Crippen LogP contribution is 2.38. The summed E-state index contributed by atoms with van der Waals surface area (Å²) >= 11 is 0. The maximum Gasteiger partial charge on any atom is 0.283 e. The molecule has 0 amide bonds. The van der Waals surface area contributed by atoms with Crippen molar-refractivity contribution in [3.05, 3.63) is 11.9 Å². The molecule has 0 aliphatic carbocycles. The van der Waals surface area contributed by atoms with Crippen LogP contribution in [0.1, 0.15) is 15.2 Å². The maximum atomic E-state index is 13.5. The van der Waals surface area contributed by atoms with Crippen LogP contribution in [0, 0.1) is 0 Å². The first-order chi connectivity index (χ1) is 8.26. The van der Waals surface area contributed by atoms with Gasteiger partial charge in [-0.25, -0.2) is 4.39 Å². The summed E-state index contributed by atoms with van der Waals surface area (Å²) in [6.45, 7) is 3.17. The number of hydrogen-bond acceptors (Lipinski definition) is 4. The molecule has 0 bridgehead atoms. The summed E-state index contributed by atoms with van der Waals surface area (Å²) in [5.41, 5.74) is 0. The molecular formula is C10H16FO5P. The molecule has 1 rings (SSSR count). The maximum absolute atomic E-state index is 13.5. The molecule has 0 aromatic carbocycles. The van der Waals surface area contributed by atoms with Crippen molar-refractivity contribution in [2.24, 2.45) is 0 Å². The highest BCUT2D eigenvalue weighted by Gasteiger charge is 2.37. The van der Waals surface area contributed by atoms with Crippen molar-refractivity contribution in [3.8, 4) is 0 Å². The number of rotatable bonds is 5. The van der Waals surface area contributed by atoms with Crippen LogP contribution in [0.5, 0.6) is 0 Å². The fourth-order valence-corrected chi connectivity index (χ4v) is 1.82. The predicted octanol–water partition coefficient (Wildman–Crippen LogP) is 1.49. The number of hydrogen-bond donors (Lipinski definition) is 1. The zero-order valence-electron chi connectivity index (χ0n) is 10.6. The fraction of sp³-hybridized carbons (Fsp3) is 0.700. The summed E-state index contributed by atoms with van der Waals surface area (Å²) in [5.74, 6) is 0.597. The van der Waals surface area contributed by atoms with Gasteiger partial charge in [-0.15, -0.1) is 0 Å². The number of alkyl halides is 1. The van der Waals surface area contributed by atoms with E-state index in [0.717, 1.165) is 0 Å². The van der Waals surface area contributed by atoms with Gasteiger partial charge in [-0.1, -0.05) is 0 Å². The van der Waals surface area contributed by atoms with Crippen molar-refractivity contribution in [1.29, 1.82) is 0 Å². The smallest absolute Gasteiger partial charge is 0.283 e. The molecule has 4 atom stereocenters. The van der Waals surface area contributed by atoms with E-state index in [-0.39, 0.29) is 18.7 Å². The Labute approximate surface area is 100 Å². The van der Waals surface area contributed by atoms with Crippen LogP contribution in [-0.4, -0.2) is 42.0 Å². The molecule has 17 heavy (non-hydrogen) atoms. The van der Waals surface area contributed by atoms with E-state index in [1.807, 2.05) is 0 Å². The predicted molar refractivity (Wildman–Crippen MR) is 60.4 cm³/mol. The first-order valence-corrected chi connectivity index (χ1v) is 6.95. The molecule has 0 aromatic rings. The van der Waals surface area contributed by atoms with Gasteiger partial charge in [0.15, 0.2) is 6.17 Å². The van der Waals surface area contributed by atoms with Crippen LogP contribution >= 0.6 is 7.37 Å². The van der Waals surface area contributed by atoms with E-state index in [1.165, 1.54) is 0 Å². The van der Waals surface area contributed by atoms with Crippen LogP contribution in [0.3, 0.4) is 0 Å². The Bertz CT molecular complexity index is 386. The fourth-order valence-electron chi connectivity index (χ4n) is 1.40. The number of halogens is 1. The molecule has 0 radical (unpaired) electrons. The number of carbonyl (C=O) groups is 1. The van der Waals surface area contributed by atoms with Gasteiger partial charge in [0.25, 0.3) is 7.37 Å². The van der Waals surface area contributed by atoms with Gasteiger partial charge in [0.1, 0.15) is 12.2 Å². The van der Waals surface area contributed by atoms with E-state index in [4.69, 9.17) is 15.7 Å². The zero-order chi connectivity index (χ0) is 13.9. The van der Waals surface area contributed by atoms with Gasteiger partial charge in [0.05, 0.1) is 14.1 Å². The lowest BCUT2D eigenvalue weighted by molar-refractivity contribution is -0.0385. The van der Waals surface area contributed by atoms with E-state index in [2.05, 4.69) is 0 Å². The molecule has 1 saturated heterocycles. The second-order valence-corrected chi connectivity index (χ2v) is 5.81. The van der Waals surface area contributed by atoms with Gasteiger partial charge >= 0.3 is 0 Å². The quantitative estimate of drug-likeness (QED) is 0.603. The van der Waals surface area contributed by atoms with Gasteiger partial charge in [-0.3, -0.25) is 9.36 Å². The van der Waals surface area contributed by atoms with Gasteiger partial charge in [0, 0.05) is 5.82 Å². The van der Waals surface area contributed by atoms with Gasteiger partial charge in [-0.2, -0.15) is 0 Å². The van der Waals surface area contributed by atoms with Crippen molar-refractivity contribution in [1.82, 2.24) is 0 Å². The zero-order valence-corrected chi connectivity index (χ0v) is 10.5. The Balaban J connectivity index is 2.87. The Kier molecular flexibility index (Phi) is 4.45. The van der Waals surface area contributed by atoms with E-state index in [9.17, 15) is 13.8 Å². The Morgan fingerprint density at radius 3 is 2.88 bits per heavy atom. The molecular weight excluding hydrogens is 250 g/mol. The van der Waals surface area contributed by atoms with Crippen LogP contribution in [0.4, 0.5) is 4.39 Å². The van der Waals surface area contributed by atoms with Crippen LogP contribution in [0.2, 0.25) is 0 Å². The molecule has 5 nitrogen and oxygen atoms in total. The van der Waals surface area contributed by atoms with Crippen LogP contribution < -0.4 is 0 Å². The molecule has 0 saturated carbocycles. The third-order valence-corrected chi connectivity index (χ3v) is 2.92. The standard InChI is InChI=1S/C10H16FO5P/c1-7(2)16-10-8(11)5-15-9(10)3-4-17(13,14)6-12/h3-4,6-10H,5H2,1-2H3,(H,13,14)/b4-3+/t8-,9+,10-/m0/s1/i3D. The average molecular weight is 267 g/mol. The summed E-state index contributed by atoms with van der Waals surface area (Å²) in [4.78, 5) is 19.4. The summed E-state index contributed by atoms with van der Waals surface area (Å²) in [7, 11) is -4.15. The summed E-state index contributed by atoms with van der Waals surface area (Å²) in [6.07, 6.45) is -3.74. The van der Waals surface area contributed by atoms with Crippen molar-refractivity contribution < 1.29 is 29.5 Å². The lowest BCUT2D eigenvalue weighted by atomic mass is 10.1. The van der Waals surface area contributed by atoms with Crippen molar-refractivity contribution in [3.63, 3.8) is 0 Å². The SMILES string of the molecule is [2H]/C(=C\P(=O)(O)C=O)[C@H]1OC[C@H](F)[C@@H]1OC(C)C. The minimum absolute atomic E-state index is 0.137. The van der Waals surface area contributed by atoms with E-state index in [1.54, 1.807) is 13.8 Å². The molecule has 0 aromatic heterocycles. The van der Waals surface area contributed by atoms with Gasteiger partial charge in [-0.05, 0) is 19.9 Å². The van der Waals surface area contributed by atoms with Gasteiger partial charge < -0.3 is 14.4 Å². The Hall–Kier alpha value is -0.550. The van der Waals surface area contributed by atoms with Crippen LogP contribution in [-0.2, 0) is 18.8 Å². The number of carbonyl (C=O) groups excluding carboxylic acids is 1. The molecule has 1 unspecified atom stereocenters. The third-order valence-electron chi connectivity index (χ3n) is 2.09. The molecule has 7 heteroatoms. The molecule has 98 valence electrons. The van der Waals surface area contributed by atoms with E-state index >= 15 is 0 Å². The first-order valence-electron chi connectivity index (χ1n) is 5.66. The molecule has 0 spiro atoms. The Morgan fingerprint density at radius 2 is 2.35 bits per heavy atom. The monoisotopic (exact) mass is 267 g/mol. The molecule has 1 aliphatic heterocycles. The van der Waals surface area contributed by atoms with Crippen LogP contribution in [0.25, 0.3) is 0 Å². The summed E-state index contributed by atoms with van der Waals surface area (Å²) < 4.78 is 42.6. The van der Waals surface area contributed by atoms with Crippen LogP contribution in [0.15, 0.2) is 11.9 Å². The van der Waals surface area contributed by atoms with E-state index in [0.29, 0.717) is 5.82 Å². The minimum atomic E-state index is -4.15. The summed E-state index contributed by atoms with van der Waals surface area (Å²) in [5, 5.41) is 0. The second-order valence-electron chi connectivity index (χ2n) is 3.99. The highest BCUT2D eigenvalue weighted by atomic mass is 31.2. The van der Waals surface area contributed by atoms with Gasteiger partial charge in [0.2, 0.25) is 6.03 Å². The van der Waals surface area contributed by atoms with Crippen molar-refractivity contribution >= 4 is 13.4 Å². The Morgan fingerprint density at radius 1 is 1.71 bits per heavy atom. The topological polar surface area (TPSA) is 72.8 Å².